The molecule has 0 atom stereocenters. The van der Waals surface area contributed by atoms with Crippen molar-refractivity contribution in [2.24, 2.45) is 0 Å². The summed E-state index contributed by atoms with van der Waals surface area (Å²) < 4.78 is 0. The van der Waals surface area contributed by atoms with E-state index in [1.54, 1.807) is 11.3 Å². The molecule has 1 aliphatic heterocycles. The number of nitrogens with zero attached hydrogens (tertiary/aromatic N) is 1. The van der Waals surface area contributed by atoms with Crippen molar-refractivity contribution in [2.45, 2.75) is 13.0 Å². The van der Waals surface area contributed by atoms with Crippen molar-refractivity contribution in [1.29, 1.82) is 0 Å². The van der Waals surface area contributed by atoms with Crippen molar-refractivity contribution >= 4 is 23.7 Å². The third-order valence-electron chi connectivity index (χ3n) is 1.78. The number of thiophene rings is 1. The summed E-state index contributed by atoms with van der Waals surface area (Å²) in [5.41, 5.74) is 0. The summed E-state index contributed by atoms with van der Waals surface area (Å²) >= 11 is 1.75. The maximum absolute atomic E-state index is 5.47. The average molecular weight is 206 g/mol. The lowest BCUT2D eigenvalue weighted by Gasteiger charge is -2.29. The zero-order valence-corrected chi connectivity index (χ0v) is 8.37. The topological polar surface area (TPSA) is 12.5 Å². The van der Waals surface area contributed by atoms with E-state index in [-0.39, 0.29) is 12.4 Å². The van der Waals surface area contributed by atoms with Gasteiger partial charge in [0.15, 0.2) is 0 Å². The third-order valence-corrected chi connectivity index (χ3v) is 2.63. The van der Waals surface area contributed by atoms with Gasteiger partial charge in [0.1, 0.15) is 6.61 Å². The second-order valence-electron chi connectivity index (χ2n) is 2.64. The standard InChI is InChI=1S/C8H11NOS.ClH/c1-3-8(11-6-1)7-10-9-4-2-5-9;/h1,3,6H,2,4-5,7H2;1H. The number of hydrogen-bond acceptors (Lipinski definition) is 3. The summed E-state index contributed by atoms with van der Waals surface area (Å²) in [6, 6.07) is 4.16. The first-order valence-electron chi connectivity index (χ1n) is 3.85. The van der Waals surface area contributed by atoms with E-state index in [1.807, 2.05) is 5.06 Å². The minimum Gasteiger partial charge on any atom is -0.293 e. The SMILES string of the molecule is Cl.c1csc(CON2CCC2)c1. The fourth-order valence-electron chi connectivity index (χ4n) is 0.966. The van der Waals surface area contributed by atoms with E-state index in [2.05, 4.69) is 17.5 Å². The van der Waals surface area contributed by atoms with Gasteiger partial charge in [-0.2, -0.15) is 5.06 Å². The molecular formula is C8H12ClNOS. The number of halogens is 1. The van der Waals surface area contributed by atoms with Crippen LogP contribution in [0.25, 0.3) is 0 Å². The molecule has 1 aromatic heterocycles. The van der Waals surface area contributed by atoms with Gasteiger partial charge in [0.25, 0.3) is 0 Å². The van der Waals surface area contributed by atoms with Gasteiger partial charge in [0.2, 0.25) is 0 Å². The van der Waals surface area contributed by atoms with E-state index in [0.717, 1.165) is 19.7 Å². The van der Waals surface area contributed by atoms with E-state index in [4.69, 9.17) is 4.84 Å². The van der Waals surface area contributed by atoms with Gasteiger partial charge in [-0.3, -0.25) is 4.84 Å². The molecule has 0 bridgehead atoms. The van der Waals surface area contributed by atoms with Crippen LogP contribution in [0.3, 0.4) is 0 Å². The smallest absolute Gasteiger partial charge is 0.103 e. The highest BCUT2D eigenvalue weighted by molar-refractivity contribution is 7.09. The molecule has 0 saturated carbocycles. The van der Waals surface area contributed by atoms with Gasteiger partial charge in [-0.25, -0.2) is 0 Å². The van der Waals surface area contributed by atoms with Crippen molar-refractivity contribution in [3.8, 4) is 0 Å². The molecule has 0 unspecified atom stereocenters. The first-order valence-corrected chi connectivity index (χ1v) is 4.73. The summed E-state index contributed by atoms with van der Waals surface area (Å²) in [5, 5.41) is 4.09. The van der Waals surface area contributed by atoms with Gasteiger partial charge in [-0.05, 0) is 17.9 Å². The number of rotatable bonds is 3. The molecule has 0 spiro atoms. The lowest BCUT2D eigenvalue weighted by atomic mass is 10.3. The fourth-order valence-corrected chi connectivity index (χ4v) is 1.58. The van der Waals surface area contributed by atoms with Crippen LogP contribution in [0.1, 0.15) is 11.3 Å². The van der Waals surface area contributed by atoms with Crippen molar-refractivity contribution in [3.63, 3.8) is 0 Å². The molecular weight excluding hydrogens is 194 g/mol. The number of hydrogen-bond donors (Lipinski definition) is 0. The minimum absolute atomic E-state index is 0. The molecule has 1 saturated heterocycles. The Bertz CT molecular complexity index is 211. The van der Waals surface area contributed by atoms with Crippen LogP contribution >= 0.6 is 23.7 Å². The maximum atomic E-state index is 5.47. The highest BCUT2D eigenvalue weighted by atomic mass is 35.5. The first-order chi connectivity index (χ1) is 5.45. The monoisotopic (exact) mass is 205 g/mol. The zero-order chi connectivity index (χ0) is 7.52. The van der Waals surface area contributed by atoms with Crippen LogP contribution in [-0.2, 0) is 11.4 Å². The van der Waals surface area contributed by atoms with Crippen molar-refractivity contribution < 1.29 is 4.84 Å². The van der Waals surface area contributed by atoms with Crippen LogP contribution in [0.2, 0.25) is 0 Å². The Morgan fingerprint density at radius 1 is 1.50 bits per heavy atom. The van der Waals surface area contributed by atoms with Crippen LogP contribution in [0.15, 0.2) is 17.5 Å². The lowest BCUT2D eigenvalue weighted by Crippen LogP contribution is -2.36. The highest BCUT2D eigenvalue weighted by Crippen LogP contribution is 2.13. The Balaban J connectivity index is 0.000000720. The van der Waals surface area contributed by atoms with Crippen LogP contribution in [0.4, 0.5) is 0 Å². The van der Waals surface area contributed by atoms with Gasteiger partial charge in [0.05, 0.1) is 0 Å². The van der Waals surface area contributed by atoms with Gasteiger partial charge < -0.3 is 0 Å². The van der Waals surface area contributed by atoms with Crippen molar-refractivity contribution in [1.82, 2.24) is 5.06 Å². The van der Waals surface area contributed by atoms with Crippen molar-refractivity contribution in [3.05, 3.63) is 22.4 Å². The summed E-state index contributed by atoms with van der Waals surface area (Å²) in [5.74, 6) is 0. The molecule has 1 aromatic rings. The number of hydroxylamine groups is 2. The third kappa shape index (κ3) is 2.45. The van der Waals surface area contributed by atoms with Crippen molar-refractivity contribution in [2.75, 3.05) is 13.1 Å². The Kier molecular flexibility index (Phi) is 4.01. The molecule has 12 heavy (non-hydrogen) atoms. The maximum Gasteiger partial charge on any atom is 0.103 e. The molecule has 2 heterocycles. The summed E-state index contributed by atoms with van der Waals surface area (Å²) in [6.45, 7) is 2.95. The van der Waals surface area contributed by atoms with Crippen LogP contribution in [-0.4, -0.2) is 18.2 Å². The van der Waals surface area contributed by atoms with E-state index >= 15 is 0 Å². The van der Waals surface area contributed by atoms with E-state index in [0.29, 0.717) is 0 Å². The van der Waals surface area contributed by atoms with E-state index < -0.39 is 0 Å². The van der Waals surface area contributed by atoms with Gasteiger partial charge in [-0.15, -0.1) is 23.7 Å². The predicted molar refractivity (Wildman–Crippen MR) is 52.5 cm³/mol. The molecule has 0 radical (unpaired) electrons. The first kappa shape index (κ1) is 9.99. The van der Waals surface area contributed by atoms with E-state index in [1.165, 1.54) is 11.3 Å². The minimum atomic E-state index is 0. The quantitative estimate of drug-likeness (QED) is 0.751. The van der Waals surface area contributed by atoms with Gasteiger partial charge in [0, 0.05) is 18.0 Å². The summed E-state index contributed by atoms with van der Waals surface area (Å²) in [7, 11) is 0. The Morgan fingerprint density at radius 2 is 2.33 bits per heavy atom. The van der Waals surface area contributed by atoms with Crippen LogP contribution < -0.4 is 0 Å². The summed E-state index contributed by atoms with van der Waals surface area (Å²) in [4.78, 5) is 6.77. The molecule has 1 aliphatic rings. The molecule has 2 nitrogen and oxygen atoms in total. The molecule has 68 valence electrons. The summed E-state index contributed by atoms with van der Waals surface area (Å²) in [6.07, 6.45) is 1.28. The van der Waals surface area contributed by atoms with Crippen LogP contribution in [0, 0.1) is 0 Å². The van der Waals surface area contributed by atoms with Crippen LogP contribution in [0.5, 0.6) is 0 Å². The predicted octanol–water partition coefficient (Wildman–Crippen LogP) is 2.31. The molecule has 0 aromatic carbocycles. The Morgan fingerprint density at radius 3 is 2.83 bits per heavy atom. The average Bonchev–Trinajstić information content (AvgIpc) is 2.36. The zero-order valence-electron chi connectivity index (χ0n) is 6.73. The molecule has 0 amide bonds. The molecule has 4 heteroatoms. The highest BCUT2D eigenvalue weighted by Gasteiger charge is 2.13. The van der Waals surface area contributed by atoms with Gasteiger partial charge >= 0.3 is 0 Å². The Hall–Kier alpha value is -0.0900. The second-order valence-corrected chi connectivity index (χ2v) is 3.67. The largest absolute Gasteiger partial charge is 0.293 e. The molecule has 2 rings (SSSR count). The molecule has 1 fully saturated rings. The normalized spacial score (nSPS) is 16.7. The fraction of sp³-hybridized carbons (Fsp3) is 0.500. The molecule has 0 N–H and O–H groups in total. The van der Waals surface area contributed by atoms with E-state index in [9.17, 15) is 0 Å². The lowest BCUT2D eigenvalue weighted by molar-refractivity contribution is -0.205. The van der Waals surface area contributed by atoms with Gasteiger partial charge in [-0.1, -0.05) is 6.07 Å². The molecule has 0 aliphatic carbocycles. The Labute approximate surface area is 82.5 Å². The second kappa shape index (κ2) is 4.82.